The Kier molecular flexibility index (Phi) is 5.55. The number of furan rings is 1. The molecule has 1 aliphatic heterocycles. The first-order chi connectivity index (χ1) is 14.8. The summed E-state index contributed by atoms with van der Waals surface area (Å²) >= 11 is 0. The van der Waals surface area contributed by atoms with Crippen molar-refractivity contribution in [1.29, 1.82) is 0 Å². The Labute approximate surface area is 182 Å². The van der Waals surface area contributed by atoms with Gasteiger partial charge in [0, 0.05) is 10.9 Å². The van der Waals surface area contributed by atoms with Gasteiger partial charge in [0.15, 0.2) is 5.78 Å². The summed E-state index contributed by atoms with van der Waals surface area (Å²) in [7, 11) is 0. The highest BCUT2D eigenvalue weighted by Crippen LogP contribution is 2.40. The van der Waals surface area contributed by atoms with E-state index < -0.39 is 5.60 Å². The van der Waals surface area contributed by atoms with E-state index in [2.05, 4.69) is 19.9 Å². The van der Waals surface area contributed by atoms with Crippen LogP contribution in [0.25, 0.3) is 23.1 Å². The van der Waals surface area contributed by atoms with E-state index in [0.29, 0.717) is 5.75 Å². The molecular formula is C27H26O4. The molecule has 0 saturated heterocycles. The predicted molar refractivity (Wildman–Crippen MR) is 124 cm³/mol. The van der Waals surface area contributed by atoms with Gasteiger partial charge in [0.25, 0.3) is 0 Å². The molecule has 4 rings (SSSR count). The summed E-state index contributed by atoms with van der Waals surface area (Å²) in [4.78, 5) is 13.1. The smallest absolute Gasteiger partial charge is 0.193 e. The standard InChI is InChI=1S/C27H26O4/c1-18(2)5-4-14-27(3)15-12-20-8-10-23(29)25(26(20)31-27)22(28)9-6-19-7-11-24-21(17-19)13-16-30-24/h5-13,15-17,29H,4,14H2,1-3H3/b9-6+. The van der Waals surface area contributed by atoms with E-state index in [1.807, 2.05) is 43.3 Å². The first kappa shape index (κ1) is 20.7. The topological polar surface area (TPSA) is 59.7 Å². The molecule has 0 bridgehead atoms. The van der Waals surface area contributed by atoms with Gasteiger partial charge in [-0.05, 0) is 81.7 Å². The molecule has 0 amide bonds. The lowest BCUT2D eigenvalue weighted by Crippen LogP contribution is -2.32. The van der Waals surface area contributed by atoms with E-state index in [-0.39, 0.29) is 17.1 Å². The molecule has 4 nitrogen and oxygen atoms in total. The number of hydrogen-bond acceptors (Lipinski definition) is 4. The number of allylic oxidation sites excluding steroid dienone is 3. The van der Waals surface area contributed by atoms with Crippen LogP contribution in [0.2, 0.25) is 0 Å². The fourth-order valence-corrected chi connectivity index (χ4v) is 3.73. The lowest BCUT2D eigenvalue weighted by molar-refractivity contribution is 0.101. The third-order valence-electron chi connectivity index (χ3n) is 5.46. The van der Waals surface area contributed by atoms with Crippen LogP contribution < -0.4 is 4.74 Å². The third-order valence-corrected chi connectivity index (χ3v) is 5.46. The van der Waals surface area contributed by atoms with Crippen LogP contribution in [0.4, 0.5) is 0 Å². The summed E-state index contributed by atoms with van der Waals surface area (Å²) in [6.45, 7) is 6.14. The third kappa shape index (κ3) is 4.48. The normalized spacial score (nSPS) is 17.5. The Morgan fingerprint density at radius 3 is 2.81 bits per heavy atom. The Balaban J connectivity index is 1.61. The van der Waals surface area contributed by atoms with E-state index in [9.17, 15) is 9.90 Å². The minimum absolute atomic E-state index is 0.0827. The number of fused-ring (bicyclic) bond motifs is 2. The lowest BCUT2D eigenvalue weighted by atomic mass is 9.92. The minimum Gasteiger partial charge on any atom is -0.507 e. The van der Waals surface area contributed by atoms with Gasteiger partial charge in [0.2, 0.25) is 0 Å². The molecule has 158 valence electrons. The van der Waals surface area contributed by atoms with Crippen LogP contribution in [0, 0.1) is 0 Å². The molecule has 1 aromatic heterocycles. The Morgan fingerprint density at radius 1 is 1.16 bits per heavy atom. The maximum absolute atomic E-state index is 13.1. The maximum atomic E-state index is 13.1. The lowest BCUT2D eigenvalue weighted by Gasteiger charge is -2.32. The van der Waals surface area contributed by atoms with Crippen LogP contribution in [-0.4, -0.2) is 16.5 Å². The highest BCUT2D eigenvalue weighted by molar-refractivity contribution is 6.11. The van der Waals surface area contributed by atoms with Gasteiger partial charge in [-0.2, -0.15) is 0 Å². The van der Waals surface area contributed by atoms with Crippen molar-refractivity contribution in [3.05, 3.63) is 83.2 Å². The molecule has 1 unspecified atom stereocenters. The summed E-state index contributed by atoms with van der Waals surface area (Å²) in [6.07, 6.45) is 12.7. The number of aromatic hydroxyl groups is 1. The molecule has 31 heavy (non-hydrogen) atoms. The predicted octanol–water partition coefficient (Wildman–Crippen LogP) is 6.95. The number of hydrogen-bond donors (Lipinski definition) is 1. The molecule has 1 N–H and O–H groups in total. The van der Waals surface area contributed by atoms with Crippen molar-refractivity contribution in [2.75, 3.05) is 0 Å². The second kappa shape index (κ2) is 8.31. The minimum atomic E-state index is -0.544. The van der Waals surface area contributed by atoms with Crippen molar-refractivity contribution in [3.8, 4) is 11.5 Å². The number of phenolic OH excluding ortho intramolecular Hbond substituents is 1. The van der Waals surface area contributed by atoms with E-state index in [1.54, 1.807) is 18.4 Å². The summed E-state index contributed by atoms with van der Waals surface area (Å²) in [6, 6.07) is 10.9. The van der Waals surface area contributed by atoms with Gasteiger partial charge < -0.3 is 14.3 Å². The Hall–Kier alpha value is -3.53. The summed E-state index contributed by atoms with van der Waals surface area (Å²) in [5.41, 5.74) is 3.36. The number of phenols is 1. The van der Waals surface area contributed by atoms with Crippen molar-refractivity contribution >= 4 is 28.9 Å². The van der Waals surface area contributed by atoms with Crippen LogP contribution >= 0.6 is 0 Å². The van der Waals surface area contributed by atoms with Gasteiger partial charge in [0.05, 0.1) is 6.26 Å². The van der Waals surface area contributed by atoms with Gasteiger partial charge in [-0.1, -0.05) is 29.9 Å². The maximum Gasteiger partial charge on any atom is 0.193 e. The number of carbonyl (C=O) groups excluding carboxylic acids is 1. The zero-order chi connectivity index (χ0) is 22.0. The number of carbonyl (C=O) groups is 1. The van der Waals surface area contributed by atoms with Crippen molar-refractivity contribution in [3.63, 3.8) is 0 Å². The summed E-state index contributed by atoms with van der Waals surface area (Å²) in [5, 5.41) is 11.5. The monoisotopic (exact) mass is 414 g/mol. The SMILES string of the molecule is CC(C)=CCCC1(C)C=Cc2ccc(O)c(C(=O)/C=C/c3ccc4occc4c3)c2O1. The summed E-state index contributed by atoms with van der Waals surface area (Å²) in [5.74, 6) is 0.0476. The highest BCUT2D eigenvalue weighted by Gasteiger charge is 2.30. The van der Waals surface area contributed by atoms with Gasteiger partial charge >= 0.3 is 0 Å². The quantitative estimate of drug-likeness (QED) is 0.269. The largest absolute Gasteiger partial charge is 0.507 e. The van der Waals surface area contributed by atoms with E-state index >= 15 is 0 Å². The van der Waals surface area contributed by atoms with Gasteiger partial charge in [0.1, 0.15) is 28.2 Å². The van der Waals surface area contributed by atoms with Gasteiger partial charge in [-0.15, -0.1) is 0 Å². The fourth-order valence-electron chi connectivity index (χ4n) is 3.73. The number of ketones is 1. The number of rotatable bonds is 6. The molecule has 0 fully saturated rings. The van der Waals surface area contributed by atoms with Crippen molar-refractivity contribution in [1.82, 2.24) is 0 Å². The molecule has 1 aliphatic rings. The zero-order valence-corrected chi connectivity index (χ0v) is 18.0. The molecule has 4 heteroatoms. The van der Waals surface area contributed by atoms with Gasteiger partial charge in [-0.3, -0.25) is 4.79 Å². The van der Waals surface area contributed by atoms with Crippen LogP contribution in [0.5, 0.6) is 11.5 Å². The van der Waals surface area contributed by atoms with Crippen LogP contribution in [0.1, 0.15) is 55.1 Å². The number of ether oxygens (including phenoxy) is 1. The molecule has 0 aliphatic carbocycles. The first-order valence-corrected chi connectivity index (χ1v) is 10.4. The van der Waals surface area contributed by atoms with Crippen LogP contribution in [-0.2, 0) is 0 Å². The van der Waals surface area contributed by atoms with Crippen molar-refractivity contribution in [2.24, 2.45) is 0 Å². The second-order valence-electron chi connectivity index (χ2n) is 8.36. The van der Waals surface area contributed by atoms with Crippen molar-refractivity contribution < 1.29 is 19.1 Å². The molecule has 0 radical (unpaired) electrons. The molecule has 2 aromatic carbocycles. The van der Waals surface area contributed by atoms with Crippen LogP contribution in [0.3, 0.4) is 0 Å². The highest BCUT2D eigenvalue weighted by atomic mass is 16.5. The second-order valence-corrected chi connectivity index (χ2v) is 8.36. The molecule has 2 heterocycles. The summed E-state index contributed by atoms with van der Waals surface area (Å²) < 4.78 is 11.6. The van der Waals surface area contributed by atoms with Gasteiger partial charge in [-0.25, -0.2) is 0 Å². The average Bonchev–Trinajstić information content (AvgIpc) is 3.19. The molecular weight excluding hydrogens is 388 g/mol. The molecule has 1 atom stereocenters. The molecule has 0 saturated carbocycles. The van der Waals surface area contributed by atoms with Crippen LogP contribution in [0.15, 0.2) is 70.9 Å². The van der Waals surface area contributed by atoms with E-state index in [0.717, 1.165) is 34.9 Å². The average molecular weight is 415 g/mol. The fraction of sp³-hybridized carbons (Fsp3) is 0.222. The number of benzene rings is 2. The first-order valence-electron chi connectivity index (χ1n) is 10.4. The van der Waals surface area contributed by atoms with Crippen molar-refractivity contribution in [2.45, 2.75) is 39.2 Å². The molecule has 3 aromatic rings. The zero-order valence-electron chi connectivity index (χ0n) is 18.0. The Morgan fingerprint density at radius 2 is 2.00 bits per heavy atom. The van der Waals surface area contributed by atoms with E-state index in [1.165, 1.54) is 17.7 Å². The molecule has 0 spiro atoms. The Bertz CT molecular complexity index is 1220. The van der Waals surface area contributed by atoms with E-state index in [4.69, 9.17) is 9.15 Å².